The molecule has 0 heterocycles. The molecule has 1 amide bonds. The second kappa shape index (κ2) is 11.3. The van der Waals surface area contributed by atoms with Crippen LogP contribution in [-0.2, 0) is 37.4 Å². The molecule has 0 fully saturated rings. The zero-order valence-corrected chi connectivity index (χ0v) is 19.6. The summed E-state index contributed by atoms with van der Waals surface area (Å²) in [7, 11) is -2.75. The topological polar surface area (TPSA) is 108 Å². The minimum Gasteiger partial charge on any atom is -0.467 e. The number of carbonyl (C=O) groups is 2. The third-order valence-corrected chi connectivity index (χ3v) is 6.13. The molecular formula is C25H25NO7S. The second-order valence-corrected chi connectivity index (χ2v) is 9.03. The van der Waals surface area contributed by atoms with E-state index in [4.69, 9.17) is 13.7 Å². The van der Waals surface area contributed by atoms with Crippen LogP contribution in [0, 0.1) is 6.92 Å². The van der Waals surface area contributed by atoms with Crippen molar-refractivity contribution in [2.75, 3.05) is 7.11 Å². The van der Waals surface area contributed by atoms with Gasteiger partial charge in [-0.2, -0.15) is 8.42 Å². The molecular weight excluding hydrogens is 458 g/mol. The minimum atomic E-state index is -3.98. The number of carbonyl (C=O) groups excluding carboxylic acids is 2. The molecule has 0 bridgehead atoms. The summed E-state index contributed by atoms with van der Waals surface area (Å²) in [5, 5.41) is 2.50. The van der Waals surface area contributed by atoms with Gasteiger partial charge in [0, 0.05) is 6.42 Å². The Morgan fingerprint density at radius 2 is 1.53 bits per heavy atom. The molecule has 0 radical (unpaired) electrons. The van der Waals surface area contributed by atoms with E-state index in [0.29, 0.717) is 5.56 Å². The van der Waals surface area contributed by atoms with Crippen LogP contribution in [0.1, 0.15) is 16.7 Å². The van der Waals surface area contributed by atoms with Crippen LogP contribution in [0.5, 0.6) is 5.75 Å². The Balaban J connectivity index is 1.61. The third-order valence-electron chi connectivity index (χ3n) is 4.87. The summed E-state index contributed by atoms with van der Waals surface area (Å²) >= 11 is 0. The summed E-state index contributed by atoms with van der Waals surface area (Å²) < 4.78 is 40.0. The number of alkyl carbamates (subject to hydrolysis) is 1. The van der Waals surface area contributed by atoms with Crippen LogP contribution >= 0.6 is 0 Å². The number of hydrogen-bond donors (Lipinski definition) is 1. The molecule has 34 heavy (non-hydrogen) atoms. The molecule has 0 aliphatic rings. The average molecular weight is 484 g/mol. The Morgan fingerprint density at radius 3 is 2.15 bits per heavy atom. The fraction of sp³-hybridized carbons (Fsp3) is 0.200. The molecule has 3 aromatic carbocycles. The third kappa shape index (κ3) is 7.08. The van der Waals surface area contributed by atoms with Crippen molar-refractivity contribution in [1.82, 2.24) is 5.32 Å². The summed E-state index contributed by atoms with van der Waals surface area (Å²) in [5.41, 5.74) is 2.39. The summed E-state index contributed by atoms with van der Waals surface area (Å²) in [6.07, 6.45) is -0.652. The van der Waals surface area contributed by atoms with Crippen LogP contribution in [0.3, 0.4) is 0 Å². The molecule has 9 heteroatoms. The van der Waals surface area contributed by atoms with Gasteiger partial charge in [-0.1, -0.05) is 60.2 Å². The van der Waals surface area contributed by atoms with E-state index in [2.05, 4.69) is 5.32 Å². The predicted molar refractivity (Wildman–Crippen MR) is 125 cm³/mol. The van der Waals surface area contributed by atoms with Gasteiger partial charge in [0.15, 0.2) is 0 Å². The molecule has 0 saturated carbocycles. The molecule has 1 N–H and O–H groups in total. The standard InChI is InChI=1S/C25H25NO7S/c1-18-8-14-22(15-9-18)34(29,30)33-21-12-10-19(11-13-21)16-23(24(27)31-2)26-25(28)32-17-20-6-4-3-5-7-20/h3-15,23H,16-17H2,1-2H3,(H,26,28). The largest absolute Gasteiger partial charge is 0.467 e. The summed E-state index contributed by atoms with van der Waals surface area (Å²) in [5.74, 6) is -0.520. The maximum atomic E-state index is 12.4. The smallest absolute Gasteiger partial charge is 0.408 e. The van der Waals surface area contributed by atoms with Crippen molar-refractivity contribution in [1.29, 1.82) is 0 Å². The lowest BCUT2D eigenvalue weighted by molar-refractivity contribution is -0.143. The Labute approximate surface area is 198 Å². The molecule has 0 spiro atoms. The van der Waals surface area contributed by atoms with Gasteiger partial charge in [-0.3, -0.25) is 0 Å². The Kier molecular flexibility index (Phi) is 8.26. The van der Waals surface area contributed by atoms with Crippen LogP contribution in [0.15, 0.2) is 83.8 Å². The van der Waals surface area contributed by atoms with Crippen LogP contribution in [0.4, 0.5) is 4.79 Å². The molecule has 3 rings (SSSR count). The molecule has 0 saturated heterocycles. The molecule has 0 aliphatic heterocycles. The first kappa shape index (κ1) is 24.8. The van der Waals surface area contributed by atoms with E-state index in [1.165, 1.54) is 31.4 Å². The number of hydrogen-bond acceptors (Lipinski definition) is 7. The molecule has 178 valence electrons. The number of ether oxygens (including phenoxy) is 2. The van der Waals surface area contributed by atoms with Crippen molar-refractivity contribution >= 4 is 22.2 Å². The van der Waals surface area contributed by atoms with Crippen molar-refractivity contribution in [2.45, 2.75) is 30.9 Å². The highest BCUT2D eigenvalue weighted by Gasteiger charge is 2.23. The van der Waals surface area contributed by atoms with Gasteiger partial charge in [-0.15, -0.1) is 0 Å². The fourth-order valence-electron chi connectivity index (χ4n) is 3.04. The van der Waals surface area contributed by atoms with E-state index < -0.39 is 28.2 Å². The molecule has 1 unspecified atom stereocenters. The zero-order chi connectivity index (χ0) is 24.6. The molecule has 0 aliphatic carbocycles. The Hall–Kier alpha value is -3.85. The first-order valence-corrected chi connectivity index (χ1v) is 11.8. The molecule has 0 aromatic heterocycles. The van der Waals surface area contributed by atoms with E-state index in [-0.39, 0.29) is 23.7 Å². The maximum absolute atomic E-state index is 12.4. The van der Waals surface area contributed by atoms with Gasteiger partial charge < -0.3 is 19.0 Å². The zero-order valence-electron chi connectivity index (χ0n) is 18.8. The van der Waals surface area contributed by atoms with Gasteiger partial charge in [0.2, 0.25) is 0 Å². The van der Waals surface area contributed by atoms with Crippen molar-refractivity contribution in [3.05, 3.63) is 95.6 Å². The summed E-state index contributed by atoms with van der Waals surface area (Å²) in [6, 6.07) is 20.6. The van der Waals surface area contributed by atoms with E-state index in [1.54, 1.807) is 24.3 Å². The second-order valence-electron chi connectivity index (χ2n) is 7.48. The number of esters is 1. The Morgan fingerprint density at radius 1 is 0.882 bits per heavy atom. The highest BCUT2D eigenvalue weighted by Crippen LogP contribution is 2.20. The number of amides is 1. The van der Waals surface area contributed by atoms with Crippen LogP contribution in [0.2, 0.25) is 0 Å². The first-order chi connectivity index (χ1) is 16.3. The van der Waals surface area contributed by atoms with Crippen molar-refractivity contribution in [3.63, 3.8) is 0 Å². The van der Waals surface area contributed by atoms with E-state index in [9.17, 15) is 18.0 Å². The summed E-state index contributed by atoms with van der Waals surface area (Å²) in [4.78, 5) is 24.4. The summed E-state index contributed by atoms with van der Waals surface area (Å²) in [6.45, 7) is 1.91. The number of aryl methyl sites for hydroxylation is 1. The maximum Gasteiger partial charge on any atom is 0.408 e. The lowest BCUT2D eigenvalue weighted by Crippen LogP contribution is -2.43. The molecule has 3 aromatic rings. The van der Waals surface area contributed by atoms with Gasteiger partial charge in [0.1, 0.15) is 23.3 Å². The van der Waals surface area contributed by atoms with Gasteiger partial charge >= 0.3 is 22.2 Å². The lowest BCUT2D eigenvalue weighted by Gasteiger charge is -2.17. The average Bonchev–Trinajstić information content (AvgIpc) is 2.83. The number of benzene rings is 3. The van der Waals surface area contributed by atoms with Crippen molar-refractivity contribution < 1.29 is 31.7 Å². The van der Waals surface area contributed by atoms with Gasteiger partial charge in [0.25, 0.3) is 0 Å². The number of nitrogens with one attached hydrogen (secondary N) is 1. The number of methoxy groups -OCH3 is 1. The highest BCUT2D eigenvalue weighted by atomic mass is 32.2. The SMILES string of the molecule is COC(=O)C(Cc1ccc(OS(=O)(=O)c2ccc(C)cc2)cc1)NC(=O)OCc1ccccc1. The van der Waals surface area contributed by atoms with E-state index in [0.717, 1.165) is 11.1 Å². The van der Waals surface area contributed by atoms with Crippen LogP contribution in [0.25, 0.3) is 0 Å². The predicted octanol–water partition coefficient (Wildman–Crippen LogP) is 3.77. The van der Waals surface area contributed by atoms with Crippen LogP contribution < -0.4 is 9.50 Å². The number of rotatable bonds is 9. The monoisotopic (exact) mass is 483 g/mol. The first-order valence-electron chi connectivity index (χ1n) is 10.4. The van der Waals surface area contributed by atoms with Gasteiger partial charge in [0.05, 0.1) is 7.11 Å². The van der Waals surface area contributed by atoms with Crippen molar-refractivity contribution in [3.8, 4) is 5.75 Å². The highest BCUT2D eigenvalue weighted by molar-refractivity contribution is 7.87. The molecule has 1 atom stereocenters. The minimum absolute atomic E-state index is 0.0474. The van der Waals surface area contributed by atoms with Crippen LogP contribution in [-0.4, -0.2) is 33.6 Å². The fourth-order valence-corrected chi connectivity index (χ4v) is 3.97. The normalized spacial score (nSPS) is 11.8. The Bertz CT molecular complexity index is 1210. The van der Waals surface area contributed by atoms with Gasteiger partial charge in [-0.05, 0) is 42.3 Å². The van der Waals surface area contributed by atoms with E-state index in [1.807, 2.05) is 37.3 Å². The lowest BCUT2D eigenvalue weighted by atomic mass is 10.1. The molecule has 8 nitrogen and oxygen atoms in total. The van der Waals surface area contributed by atoms with Gasteiger partial charge in [-0.25, -0.2) is 9.59 Å². The van der Waals surface area contributed by atoms with Crippen molar-refractivity contribution in [2.24, 2.45) is 0 Å². The quantitative estimate of drug-likeness (QED) is 0.365. The van der Waals surface area contributed by atoms with E-state index >= 15 is 0 Å².